The summed E-state index contributed by atoms with van der Waals surface area (Å²) in [4.78, 5) is 30.3. The highest BCUT2D eigenvalue weighted by Gasteiger charge is 2.14. The van der Waals surface area contributed by atoms with E-state index in [1.807, 2.05) is 30.3 Å². The molecule has 1 amide bonds. The number of methoxy groups -OCH3 is 1. The molecule has 0 saturated heterocycles. The Hall–Kier alpha value is -3.58. The van der Waals surface area contributed by atoms with E-state index >= 15 is 0 Å². The minimum Gasteiger partial charge on any atom is -0.493 e. The summed E-state index contributed by atoms with van der Waals surface area (Å²) in [6, 6.07) is 17.9. The molecule has 3 rings (SSSR count). The minimum atomic E-state index is -0.495. The summed E-state index contributed by atoms with van der Waals surface area (Å²) in [5.74, 6) is 0.614. The summed E-state index contributed by atoms with van der Waals surface area (Å²) >= 11 is 0. The van der Waals surface area contributed by atoms with Gasteiger partial charge < -0.3 is 24.7 Å². The Morgan fingerprint density at radius 2 is 1.75 bits per heavy atom. The maximum Gasteiger partial charge on any atom is 0.261 e. The summed E-state index contributed by atoms with van der Waals surface area (Å²) in [6.45, 7) is 7.39. The molecule has 0 atom stereocenters. The van der Waals surface area contributed by atoms with Crippen LogP contribution in [0.1, 0.15) is 24.2 Å². The summed E-state index contributed by atoms with van der Waals surface area (Å²) in [5.41, 5.74) is 1.62. The highest BCUT2D eigenvalue weighted by atomic mass is 16.5. The Morgan fingerprint density at radius 1 is 1.00 bits per heavy atom. The van der Waals surface area contributed by atoms with Gasteiger partial charge in [-0.2, -0.15) is 0 Å². The number of aromatic nitrogens is 1. The topological polar surface area (TPSA) is 83.7 Å². The normalized spacial score (nSPS) is 10.8. The van der Waals surface area contributed by atoms with Crippen molar-refractivity contribution in [1.29, 1.82) is 0 Å². The van der Waals surface area contributed by atoms with Gasteiger partial charge in [0.25, 0.3) is 11.5 Å². The molecule has 0 aliphatic heterocycles. The van der Waals surface area contributed by atoms with Crippen molar-refractivity contribution in [1.82, 2.24) is 9.88 Å². The van der Waals surface area contributed by atoms with Gasteiger partial charge in [-0.05, 0) is 42.9 Å². The lowest BCUT2D eigenvalue weighted by Crippen LogP contribution is -2.28. The number of hydrogen-bond donors (Lipinski definition) is 2. The van der Waals surface area contributed by atoms with Gasteiger partial charge >= 0.3 is 0 Å². The lowest BCUT2D eigenvalue weighted by molar-refractivity contribution is 0.102. The molecule has 0 spiro atoms. The van der Waals surface area contributed by atoms with Gasteiger partial charge in [0.2, 0.25) is 0 Å². The van der Waals surface area contributed by atoms with E-state index in [0.717, 1.165) is 25.2 Å². The second-order valence-electron chi connectivity index (χ2n) is 7.18. The molecule has 3 aromatic rings. The van der Waals surface area contributed by atoms with E-state index in [2.05, 4.69) is 29.0 Å². The van der Waals surface area contributed by atoms with Crippen LogP contribution in [-0.4, -0.2) is 49.1 Å². The molecule has 0 fully saturated rings. The zero-order chi connectivity index (χ0) is 22.9. The average molecular weight is 436 g/mol. The first-order valence-corrected chi connectivity index (χ1v) is 10.7. The van der Waals surface area contributed by atoms with E-state index in [0.29, 0.717) is 29.5 Å². The van der Waals surface area contributed by atoms with Crippen molar-refractivity contribution >= 4 is 11.6 Å². The van der Waals surface area contributed by atoms with Gasteiger partial charge in [-0.1, -0.05) is 44.2 Å². The monoisotopic (exact) mass is 435 g/mol. The first-order valence-electron chi connectivity index (χ1n) is 10.7. The molecule has 168 valence electrons. The summed E-state index contributed by atoms with van der Waals surface area (Å²) < 4.78 is 11.3. The first kappa shape index (κ1) is 23.1. The molecule has 0 aliphatic rings. The Bertz CT molecular complexity index is 1090. The number of carbonyl (C=O) groups is 1. The van der Waals surface area contributed by atoms with E-state index in [1.165, 1.54) is 6.07 Å². The Kier molecular flexibility index (Phi) is 8.05. The van der Waals surface area contributed by atoms with Crippen LogP contribution < -0.4 is 20.3 Å². The van der Waals surface area contributed by atoms with Crippen LogP contribution in [-0.2, 0) is 0 Å². The van der Waals surface area contributed by atoms with Crippen LogP contribution in [0.25, 0.3) is 11.3 Å². The summed E-state index contributed by atoms with van der Waals surface area (Å²) in [6.07, 6.45) is 0. The van der Waals surface area contributed by atoms with Crippen molar-refractivity contribution in [3.05, 3.63) is 76.6 Å². The average Bonchev–Trinajstić information content (AvgIpc) is 2.82. The van der Waals surface area contributed by atoms with Crippen molar-refractivity contribution in [3.63, 3.8) is 0 Å². The van der Waals surface area contributed by atoms with Crippen molar-refractivity contribution in [2.45, 2.75) is 13.8 Å². The largest absolute Gasteiger partial charge is 0.493 e. The molecular weight excluding hydrogens is 406 g/mol. The number of likely N-dealkylation sites (N-methyl/N-ethyl adjacent to an activating group) is 1. The summed E-state index contributed by atoms with van der Waals surface area (Å²) in [7, 11) is 1.57. The van der Waals surface area contributed by atoms with E-state index in [-0.39, 0.29) is 5.56 Å². The maximum atomic E-state index is 12.7. The van der Waals surface area contributed by atoms with Gasteiger partial charge in [-0.25, -0.2) is 0 Å². The quantitative estimate of drug-likeness (QED) is 0.503. The van der Waals surface area contributed by atoms with Gasteiger partial charge in [-0.15, -0.1) is 0 Å². The fraction of sp³-hybridized carbons (Fsp3) is 0.280. The second-order valence-corrected chi connectivity index (χ2v) is 7.18. The van der Waals surface area contributed by atoms with Crippen LogP contribution in [0, 0.1) is 0 Å². The molecule has 1 aromatic heterocycles. The van der Waals surface area contributed by atoms with Crippen molar-refractivity contribution in [2.75, 3.05) is 38.7 Å². The van der Waals surface area contributed by atoms with Crippen molar-refractivity contribution in [3.8, 4) is 22.8 Å². The zero-order valence-corrected chi connectivity index (χ0v) is 18.7. The molecule has 0 radical (unpaired) electrons. The van der Waals surface area contributed by atoms with Crippen LogP contribution in [0.5, 0.6) is 11.5 Å². The Morgan fingerprint density at radius 3 is 2.41 bits per heavy atom. The van der Waals surface area contributed by atoms with Crippen LogP contribution in [0.15, 0.2) is 65.5 Å². The number of rotatable bonds is 10. The molecule has 0 saturated carbocycles. The third-order valence-corrected chi connectivity index (χ3v) is 5.22. The third-order valence-electron chi connectivity index (χ3n) is 5.22. The van der Waals surface area contributed by atoms with Gasteiger partial charge in [0, 0.05) is 24.0 Å². The molecular formula is C25H29N3O4. The van der Waals surface area contributed by atoms with Crippen molar-refractivity contribution < 1.29 is 14.3 Å². The molecule has 7 heteroatoms. The lowest BCUT2D eigenvalue weighted by Gasteiger charge is -2.19. The first-order chi connectivity index (χ1) is 15.5. The van der Waals surface area contributed by atoms with Gasteiger partial charge in [0.1, 0.15) is 12.2 Å². The van der Waals surface area contributed by atoms with Crippen LogP contribution in [0.3, 0.4) is 0 Å². The standard InChI is InChI=1S/C25H29N3O4/c1-4-28(5-2)15-16-32-23-17-19(11-14-22(23)31-3)26-24(29)20-12-13-21(27-25(20)30)18-9-7-6-8-10-18/h6-14,17H,4-5,15-16H2,1-3H3,(H,26,29)(H,27,30). The summed E-state index contributed by atoms with van der Waals surface area (Å²) in [5, 5.41) is 2.77. The fourth-order valence-corrected chi connectivity index (χ4v) is 3.33. The molecule has 1 heterocycles. The predicted octanol–water partition coefficient (Wildman–Crippen LogP) is 4.02. The lowest BCUT2D eigenvalue weighted by atomic mass is 10.1. The minimum absolute atomic E-state index is 0.0319. The predicted molar refractivity (Wildman–Crippen MR) is 127 cm³/mol. The second kappa shape index (κ2) is 11.2. The Balaban J connectivity index is 1.72. The zero-order valence-electron chi connectivity index (χ0n) is 18.7. The number of ether oxygens (including phenoxy) is 2. The molecule has 0 bridgehead atoms. The number of nitrogens with zero attached hydrogens (tertiary/aromatic N) is 1. The molecule has 32 heavy (non-hydrogen) atoms. The number of nitrogens with one attached hydrogen (secondary N) is 2. The van der Waals surface area contributed by atoms with Gasteiger partial charge in [0.15, 0.2) is 11.5 Å². The van der Waals surface area contributed by atoms with Gasteiger partial charge in [0.05, 0.1) is 7.11 Å². The third kappa shape index (κ3) is 5.76. The number of aromatic amines is 1. The van der Waals surface area contributed by atoms with Crippen LogP contribution in [0.4, 0.5) is 5.69 Å². The van der Waals surface area contributed by atoms with E-state index < -0.39 is 11.5 Å². The number of amides is 1. The molecule has 0 unspecified atom stereocenters. The maximum absolute atomic E-state index is 12.7. The van der Waals surface area contributed by atoms with E-state index in [1.54, 1.807) is 31.4 Å². The number of H-pyrrole nitrogens is 1. The highest BCUT2D eigenvalue weighted by molar-refractivity contribution is 6.04. The number of benzene rings is 2. The number of pyridine rings is 1. The van der Waals surface area contributed by atoms with E-state index in [4.69, 9.17) is 9.47 Å². The smallest absolute Gasteiger partial charge is 0.261 e. The Labute approximate surface area is 188 Å². The SMILES string of the molecule is CCN(CC)CCOc1cc(NC(=O)c2ccc(-c3ccccc3)[nH]c2=O)ccc1OC. The van der Waals surface area contributed by atoms with Crippen LogP contribution >= 0.6 is 0 Å². The fourth-order valence-electron chi connectivity index (χ4n) is 3.33. The molecule has 2 aromatic carbocycles. The van der Waals surface area contributed by atoms with Crippen LogP contribution in [0.2, 0.25) is 0 Å². The molecule has 7 nitrogen and oxygen atoms in total. The van der Waals surface area contributed by atoms with Gasteiger partial charge in [-0.3, -0.25) is 9.59 Å². The highest BCUT2D eigenvalue weighted by Crippen LogP contribution is 2.30. The van der Waals surface area contributed by atoms with Crippen molar-refractivity contribution in [2.24, 2.45) is 0 Å². The number of hydrogen-bond acceptors (Lipinski definition) is 5. The molecule has 0 aliphatic carbocycles. The number of carbonyl (C=O) groups excluding carboxylic acids is 1. The van der Waals surface area contributed by atoms with E-state index in [9.17, 15) is 9.59 Å². The molecule has 2 N–H and O–H groups in total. The number of anilines is 1.